The maximum absolute atomic E-state index is 12.6. The van der Waals surface area contributed by atoms with E-state index in [-0.39, 0.29) is 11.7 Å². The maximum atomic E-state index is 12.6. The van der Waals surface area contributed by atoms with Crippen LogP contribution in [0.5, 0.6) is 5.75 Å². The minimum Gasteiger partial charge on any atom is -0.497 e. The van der Waals surface area contributed by atoms with E-state index in [1.807, 2.05) is 60.0 Å². The molecule has 1 heterocycles. The molecule has 6 nitrogen and oxygen atoms in total. The average Bonchev–Trinajstić information content (AvgIpc) is 3.08. The number of thioether (sulfide) groups is 1. The van der Waals surface area contributed by atoms with Gasteiger partial charge >= 0.3 is 0 Å². The summed E-state index contributed by atoms with van der Waals surface area (Å²) >= 11 is 7.54. The Labute approximate surface area is 173 Å². The van der Waals surface area contributed by atoms with Crippen LogP contribution in [0.15, 0.2) is 53.7 Å². The van der Waals surface area contributed by atoms with Gasteiger partial charge in [0, 0.05) is 24.3 Å². The molecule has 0 atom stereocenters. The van der Waals surface area contributed by atoms with E-state index >= 15 is 0 Å². The van der Waals surface area contributed by atoms with Crippen molar-refractivity contribution in [1.82, 2.24) is 19.7 Å². The fraction of sp³-hybridized carbons (Fsp3) is 0.250. The highest BCUT2D eigenvalue weighted by atomic mass is 35.5. The highest BCUT2D eigenvalue weighted by Crippen LogP contribution is 2.24. The first-order valence-corrected chi connectivity index (χ1v) is 10.0. The first-order valence-electron chi connectivity index (χ1n) is 8.66. The van der Waals surface area contributed by atoms with Crippen LogP contribution in [0, 0.1) is 6.92 Å². The van der Waals surface area contributed by atoms with Gasteiger partial charge in [-0.3, -0.25) is 9.36 Å². The van der Waals surface area contributed by atoms with Crippen LogP contribution in [0.4, 0.5) is 0 Å². The van der Waals surface area contributed by atoms with Gasteiger partial charge in [-0.1, -0.05) is 41.6 Å². The number of aromatic nitrogens is 3. The Bertz CT molecular complexity index is 959. The zero-order valence-corrected chi connectivity index (χ0v) is 17.5. The third-order valence-corrected chi connectivity index (χ3v) is 5.52. The summed E-state index contributed by atoms with van der Waals surface area (Å²) in [5, 5.41) is 9.70. The summed E-state index contributed by atoms with van der Waals surface area (Å²) in [5.74, 6) is 1.78. The Balaban J connectivity index is 1.67. The van der Waals surface area contributed by atoms with Crippen molar-refractivity contribution in [3.63, 3.8) is 0 Å². The molecule has 0 aliphatic rings. The summed E-state index contributed by atoms with van der Waals surface area (Å²) in [4.78, 5) is 14.2. The van der Waals surface area contributed by atoms with Crippen LogP contribution < -0.4 is 4.74 Å². The average molecular weight is 417 g/mol. The van der Waals surface area contributed by atoms with Gasteiger partial charge in [0.25, 0.3) is 0 Å². The molecular formula is C20H21ClN4O2S. The van der Waals surface area contributed by atoms with E-state index in [9.17, 15) is 4.79 Å². The van der Waals surface area contributed by atoms with Gasteiger partial charge in [0.05, 0.1) is 12.9 Å². The predicted octanol–water partition coefficient (Wildman–Crippen LogP) is 3.99. The second-order valence-corrected chi connectivity index (χ2v) is 7.54. The zero-order chi connectivity index (χ0) is 20.1. The maximum Gasteiger partial charge on any atom is 0.233 e. The Kier molecular flexibility index (Phi) is 6.59. The second kappa shape index (κ2) is 9.12. The van der Waals surface area contributed by atoms with Gasteiger partial charge in [-0.25, -0.2) is 0 Å². The lowest BCUT2D eigenvalue weighted by Gasteiger charge is -2.18. The largest absolute Gasteiger partial charge is 0.497 e. The first kappa shape index (κ1) is 20.2. The quantitative estimate of drug-likeness (QED) is 0.545. The van der Waals surface area contributed by atoms with Crippen LogP contribution in [-0.2, 0) is 11.3 Å². The number of benzene rings is 2. The molecule has 3 aromatic rings. The van der Waals surface area contributed by atoms with Gasteiger partial charge in [-0.15, -0.1) is 10.2 Å². The summed E-state index contributed by atoms with van der Waals surface area (Å²) < 4.78 is 7.13. The molecule has 1 amide bonds. The van der Waals surface area contributed by atoms with E-state index in [1.165, 1.54) is 11.8 Å². The molecule has 0 aliphatic carbocycles. The van der Waals surface area contributed by atoms with Crippen molar-refractivity contribution >= 4 is 29.3 Å². The van der Waals surface area contributed by atoms with Crippen molar-refractivity contribution in [2.75, 3.05) is 19.9 Å². The number of halogens is 1. The molecule has 2 aromatic carbocycles. The van der Waals surface area contributed by atoms with Gasteiger partial charge in [0.15, 0.2) is 5.16 Å². The molecule has 0 saturated heterocycles. The lowest BCUT2D eigenvalue weighted by Crippen LogP contribution is -2.28. The topological polar surface area (TPSA) is 60.2 Å². The third kappa shape index (κ3) is 4.66. The Morgan fingerprint density at radius 2 is 1.89 bits per heavy atom. The zero-order valence-electron chi connectivity index (χ0n) is 15.9. The van der Waals surface area contributed by atoms with Crippen molar-refractivity contribution in [3.8, 4) is 11.4 Å². The van der Waals surface area contributed by atoms with Crippen LogP contribution in [0.1, 0.15) is 11.4 Å². The van der Waals surface area contributed by atoms with Crippen LogP contribution in [0.3, 0.4) is 0 Å². The number of methoxy groups -OCH3 is 1. The summed E-state index contributed by atoms with van der Waals surface area (Å²) in [5.41, 5.74) is 1.84. The third-order valence-electron chi connectivity index (χ3n) is 4.24. The van der Waals surface area contributed by atoms with E-state index in [4.69, 9.17) is 16.3 Å². The molecular weight excluding hydrogens is 396 g/mol. The van der Waals surface area contributed by atoms with Crippen LogP contribution in [-0.4, -0.2) is 45.5 Å². The molecule has 1 aromatic heterocycles. The van der Waals surface area contributed by atoms with Crippen molar-refractivity contribution in [1.29, 1.82) is 0 Å². The van der Waals surface area contributed by atoms with Crippen molar-refractivity contribution in [2.24, 2.45) is 0 Å². The molecule has 0 fully saturated rings. The van der Waals surface area contributed by atoms with E-state index < -0.39 is 0 Å². The normalized spacial score (nSPS) is 10.7. The van der Waals surface area contributed by atoms with E-state index in [0.717, 1.165) is 22.8 Å². The van der Waals surface area contributed by atoms with Crippen molar-refractivity contribution in [2.45, 2.75) is 18.6 Å². The van der Waals surface area contributed by atoms with Crippen molar-refractivity contribution < 1.29 is 9.53 Å². The van der Waals surface area contributed by atoms with Gasteiger partial charge in [-0.2, -0.15) is 0 Å². The molecule has 0 bridgehead atoms. The van der Waals surface area contributed by atoms with Crippen LogP contribution >= 0.6 is 23.4 Å². The molecule has 0 unspecified atom stereocenters. The molecule has 0 N–H and O–H groups in total. The fourth-order valence-electron chi connectivity index (χ4n) is 2.67. The molecule has 28 heavy (non-hydrogen) atoms. The number of aryl methyl sites for hydroxylation is 1. The number of ether oxygens (including phenoxy) is 1. The number of rotatable bonds is 7. The van der Waals surface area contributed by atoms with Crippen LogP contribution in [0.2, 0.25) is 5.02 Å². The smallest absolute Gasteiger partial charge is 0.233 e. The summed E-state index contributed by atoms with van der Waals surface area (Å²) in [6.45, 7) is 2.34. The highest BCUT2D eigenvalue weighted by molar-refractivity contribution is 7.99. The number of hydrogen-bond acceptors (Lipinski definition) is 5. The first-order chi connectivity index (χ1) is 13.5. The van der Waals surface area contributed by atoms with Gasteiger partial charge in [0.2, 0.25) is 5.91 Å². The highest BCUT2D eigenvalue weighted by Gasteiger charge is 2.16. The molecule has 146 valence electrons. The molecule has 0 saturated carbocycles. The fourth-order valence-corrected chi connectivity index (χ4v) is 3.81. The molecule has 3 rings (SSSR count). The number of nitrogens with zero attached hydrogens (tertiary/aromatic N) is 4. The Morgan fingerprint density at radius 1 is 1.18 bits per heavy atom. The van der Waals surface area contributed by atoms with Crippen LogP contribution in [0.25, 0.3) is 5.69 Å². The predicted molar refractivity (Wildman–Crippen MR) is 111 cm³/mol. The molecule has 0 radical (unpaired) electrons. The lowest BCUT2D eigenvalue weighted by atomic mass is 10.2. The lowest BCUT2D eigenvalue weighted by molar-refractivity contribution is -0.127. The summed E-state index contributed by atoms with van der Waals surface area (Å²) in [6.07, 6.45) is 0. The molecule has 8 heteroatoms. The summed E-state index contributed by atoms with van der Waals surface area (Å²) in [7, 11) is 3.40. The molecule has 0 spiro atoms. The Morgan fingerprint density at radius 3 is 2.57 bits per heavy atom. The standard InChI is InChI=1S/C20H21ClN4O2S/c1-14-22-23-20(25(14)16-8-10-17(27-3)11-9-16)28-13-19(26)24(2)12-15-6-4-5-7-18(15)21/h4-11H,12-13H2,1-3H3. The second-order valence-electron chi connectivity index (χ2n) is 6.19. The van der Waals surface area contributed by atoms with E-state index in [2.05, 4.69) is 10.2 Å². The monoisotopic (exact) mass is 416 g/mol. The Hall–Kier alpha value is -2.51. The number of hydrogen-bond donors (Lipinski definition) is 0. The minimum absolute atomic E-state index is 0.00754. The SMILES string of the molecule is COc1ccc(-n2c(C)nnc2SCC(=O)N(C)Cc2ccccc2Cl)cc1. The summed E-state index contributed by atoms with van der Waals surface area (Å²) in [6, 6.07) is 15.2. The van der Waals surface area contributed by atoms with Crippen molar-refractivity contribution in [3.05, 3.63) is 64.9 Å². The van der Waals surface area contributed by atoms with Gasteiger partial charge < -0.3 is 9.64 Å². The van der Waals surface area contributed by atoms with E-state index in [0.29, 0.717) is 16.7 Å². The minimum atomic E-state index is -0.00754. The van der Waals surface area contributed by atoms with Gasteiger partial charge in [-0.05, 0) is 42.8 Å². The number of carbonyl (C=O) groups is 1. The van der Waals surface area contributed by atoms with E-state index in [1.54, 1.807) is 19.1 Å². The number of amides is 1. The number of carbonyl (C=O) groups excluding carboxylic acids is 1. The molecule has 0 aliphatic heterocycles. The van der Waals surface area contributed by atoms with Gasteiger partial charge in [0.1, 0.15) is 11.6 Å².